The van der Waals surface area contributed by atoms with E-state index in [1.54, 1.807) is 0 Å². The van der Waals surface area contributed by atoms with Crippen molar-refractivity contribution in [2.24, 2.45) is 5.41 Å². The van der Waals surface area contributed by atoms with Gasteiger partial charge < -0.3 is 10.1 Å². The fourth-order valence-corrected chi connectivity index (χ4v) is 1.81. The monoisotopic (exact) mass is 206 g/mol. The Morgan fingerprint density at radius 3 is 2.87 bits per heavy atom. The number of hydrogen-bond donors (Lipinski definition) is 1. The zero-order chi connectivity index (χ0) is 10.6. The first-order valence-corrected chi connectivity index (χ1v) is 5.51. The number of rotatable bonds is 3. The van der Waals surface area contributed by atoms with E-state index in [-0.39, 0.29) is 0 Å². The molecule has 1 aromatic rings. The first kappa shape index (κ1) is 10.4. The third kappa shape index (κ3) is 2.93. The molecule has 0 aromatic carbocycles. The van der Waals surface area contributed by atoms with E-state index in [0.717, 1.165) is 38.4 Å². The van der Waals surface area contributed by atoms with Crippen molar-refractivity contribution < 1.29 is 4.74 Å². The Kier molecular flexibility index (Phi) is 3.21. The van der Waals surface area contributed by atoms with Crippen molar-refractivity contribution in [2.75, 3.05) is 25.1 Å². The van der Waals surface area contributed by atoms with Crippen LogP contribution in [0.3, 0.4) is 0 Å². The Morgan fingerprint density at radius 2 is 2.20 bits per heavy atom. The van der Waals surface area contributed by atoms with Crippen molar-refractivity contribution in [3.63, 3.8) is 0 Å². The highest BCUT2D eigenvalue weighted by atomic mass is 16.5. The predicted octanol–water partition coefficient (Wildman–Crippen LogP) is 2.31. The van der Waals surface area contributed by atoms with Crippen LogP contribution in [0.5, 0.6) is 0 Å². The van der Waals surface area contributed by atoms with E-state index in [1.807, 2.05) is 24.4 Å². The number of nitrogens with zero attached hydrogens (tertiary/aromatic N) is 1. The molecular formula is C12H18N2O. The van der Waals surface area contributed by atoms with Crippen molar-refractivity contribution >= 4 is 5.82 Å². The van der Waals surface area contributed by atoms with Crippen LogP contribution in [-0.2, 0) is 4.74 Å². The summed E-state index contributed by atoms with van der Waals surface area (Å²) in [6, 6.07) is 5.94. The Bertz CT molecular complexity index is 294. The standard InChI is InChI=1S/C12H18N2O/c1-12(5-8-15-9-6-12)10-14-11-4-2-3-7-13-11/h2-4,7H,5-6,8-10H2,1H3,(H,13,14). The molecule has 82 valence electrons. The summed E-state index contributed by atoms with van der Waals surface area (Å²) >= 11 is 0. The molecule has 0 atom stereocenters. The molecule has 0 bridgehead atoms. The predicted molar refractivity (Wildman–Crippen MR) is 60.9 cm³/mol. The van der Waals surface area contributed by atoms with Gasteiger partial charge in [0.2, 0.25) is 0 Å². The van der Waals surface area contributed by atoms with Gasteiger partial charge >= 0.3 is 0 Å². The Balaban J connectivity index is 1.87. The highest BCUT2D eigenvalue weighted by molar-refractivity contribution is 5.33. The highest BCUT2D eigenvalue weighted by Gasteiger charge is 2.26. The van der Waals surface area contributed by atoms with Crippen LogP contribution < -0.4 is 5.32 Å². The number of pyridine rings is 1. The molecule has 0 amide bonds. The molecule has 15 heavy (non-hydrogen) atoms. The van der Waals surface area contributed by atoms with E-state index in [0.29, 0.717) is 5.41 Å². The molecule has 1 fully saturated rings. The molecule has 1 saturated heterocycles. The maximum atomic E-state index is 5.37. The van der Waals surface area contributed by atoms with Crippen molar-refractivity contribution in [3.05, 3.63) is 24.4 Å². The molecule has 1 aliphatic heterocycles. The quantitative estimate of drug-likeness (QED) is 0.824. The van der Waals surface area contributed by atoms with Crippen LogP contribution in [0.4, 0.5) is 5.82 Å². The Hall–Kier alpha value is -1.09. The van der Waals surface area contributed by atoms with Gasteiger partial charge in [-0.2, -0.15) is 0 Å². The van der Waals surface area contributed by atoms with Crippen LogP contribution in [0.15, 0.2) is 24.4 Å². The average Bonchev–Trinajstić information content (AvgIpc) is 2.29. The number of anilines is 1. The van der Waals surface area contributed by atoms with Gasteiger partial charge in [0.1, 0.15) is 5.82 Å². The molecule has 0 aliphatic carbocycles. The number of ether oxygens (including phenoxy) is 1. The molecule has 3 heteroatoms. The van der Waals surface area contributed by atoms with E-state index in [1.165, 1.54) is 0 Å². The summed E-state index contributed by atoms with van der Waals surface area (Å²) in [5, 5.41) is 3.39. The Morgan fingerprint density at radius 1 is 1.40 bits per heavy atom. The van der Waals surface area contributed by atoms with E-state index in [9.17, 15) is 0 Å². The third-order valence-electron chi connectivity index (χ3n) is 3.06. The second-order valence-corrected chi connectivity index (χ2v) is 4.49. The SMILES string of the molecule is CC1(CNc2ccccn2)CCOCC1. The molecule has 0 spiro atoms. The van der Waals surface area contributed by atoms with E-state index in [2.05, 4.69) is 17.2 Å². The third-order valence-corrected chi connectivity index (χ3v) is 3.06. The van der Waals surface area contributed by atoms with Gasteiger partial charge in [-0.05, 0) is 30.4 Å². The molecule has 1 aliphatic rings. The molecule has 0 saturated carbocycles. The number of aromatic nitrogens is 1. The lowest BCUT2D eigenvalue weighted by Crippen LogP contribution is -2.33. The lowest BCUT2D eigenvalue weighted by Gasteiger charge is -2.33. The van der Waals surface area contributed by atoms with E-state index >= 15 is 0 Å². The van der Waals surface area contributed by atoms with Crippen LogP contribution >= 0.6 is 0 Å². The number of nitrogens with one attached hydrogen (secondary N) is 1. The Labute approximate surface area is 90.9 Å². The zero-order valence-electron chi connectivity index (χ0n) is 9.20. The van der Waals surface area contributed by atoms with Crippen molar-refractivity contribution in [1.82, 2.24) is 4.98 Å². The van der Waals surface area contributed by atoms with Gasteiger partial charge in [0.25, 0.3) is 0 Å². The summed E-state index contributed by atoms with van der Waals surface area (Å²) in [6.07, 6.45) is 4.08. The van der Waals surface area contributed by atoms with Gasteiger partial charge in [0.15, 0.2) is 0 Å². The molecule has 0 unspecified atom stereocenters. The lowest BCUT2D eigenvalue weighted by molar-refractivity contribution is 0.0300. The van der Waals surface area contributed by atoms with Gasteiger partial charge in [-0.3, -0.25) is 0 Å². The summed E-state index contributed by atoms with van der Waals surface area (Å²) < 4.78 is 5.37. The van der Waals surface area contributed by atoms with Crippen LogP contribution in [0.1, 0.15) is 19.8 Å². The first-order valence-electron chi connectivity index (χ1n) is 5.51. The smallest absolute Gasteiger partial charge is 0.125 e. The normalized spacial score (nSPS) is 19.8. The highest BCUT2D eigenvalue weighted by Crippen LogP contribution is 2.29. The molecular weight excluding hydrogens is 188 g/mol. The molecule has 1 N–H and O–H groups in total. The second kappa shape index (κ2) is 4.62. The molecule has 2 rings (SSSR count). The van der Waals surface area contributed by atoms with Gasteiger partial charge in [-0.25, -0.2) is 4.98 Å². The van der Waals surface area contributed by atoms with E-state index in [4.69, 9.17) is 4.74 Å². The van der Waals surface area contributed by atoms with Crippen molar-refractivity contribution in [2.45, 2.75) is 19.8 Å². The fourth-order valence-electron chi connectivity index (χ4n) is 1.81. The molecule has 3 nitrogen and oxygen atoms in total. The van der Waals surface area contributed by atoms with Gasteiger partial charge in [0, 0.05) is 26.0 Å². The maximum Gasteiger partial charge on any atom is 0.125 e. The zero-order valence-corrected chi connectivity index (χ0v) is 9.20. The van der Waals surface area contributed by atoms with E-state index < -0.39 is 0 Å². The fraction of sp³-hybridized carbons (Fsp3) is 0.583. The molecule has 1 aromatic heterocycles. The average molecular weight is 206 g/mol. The topological polar surface area (TPSA) is 34.2 Å². The lowest BCUT2D eigenvalue weighted by atomic mass is 9.82. The largest absolute Gasteiger partial charge is 0.381 e. The van der Waals surface area contributed by atoms with Crippen molar-refractivity contribution in [3.8, 4) is 0 Å². The van der Waals surface area contributed by atoms with Crippen LogP contribution in [0.25, 0.3) is 0 Å². The van der Waals surface area contributed by atoms with Crippen LogP contribution in [-0.4, -0.2) is 24.7 Å². The van der Waals surface area contributed by atoms with Gasteiger partial charge in [-0.1, -0.05) is 13.0 Å². The second-order valence-electron chi connectivity index (χ2n) is 4.49. The van der Waals surface area contributed by atoms with Crippen LogP contribution in [0, 0.1) is 5.41 Å². The van der Waals surface area contributed by atoms with Gasteiger partial charge in [0.05, 0.1) is 0 Å². The summed E-state index contributed by atoms with van der Waals surface area (Å²) in [4.78, 5) is 4.25. The number of hydrogen-bond acceptors (Lipinski definition) is 3. The minimum Gasteiger partial charge on any atom is -0.381 e. The first-order chi connectivity index (χ1) is 7.29. The minimum atomic E-state index is 0.357. The molecule has 0 radical (unpaired) electrons. The summed E-state index contributed by atoms with van der Waals surface area (Å²) in [5.74, 6) is 0.963. The summed E-state index contributed by atoms with van der Waals surface area (Å²) in [5.41, 5.74) is 0.357. The summed E-state index contributed by atoms with van der Waals surface area (Å²) in [6.45, 7) is 5.07. The maximum absolute atomic E-state index is 5.37. The van der Waals surface area contributed by atoms with Crippen LogP contribution in [0.2, 0.25) is 0 Å². The summed E-state index contributed by atoms with van der Waals surface area (Å²) in [7, 11) is 0. The van der Waals surface area contributed by atoms with Crippen molar-refractivity contribution in [1.29, 1.82) is 0 Å². The van der Waals surface area contributed by atoms with Gasteiger partial charge in [-0.15, -0.1) is 0 Å². The minimum absolute atomic E-state index is 0.357. The molecule has 2 heterocycles.